The van der Waals surface area contributed by atoms with Crippen LogP contribution in [0.1, 0.15) is 37.7 Å². The first-order chi connectivity index (χ1) is 9.29. The maximum absolute atomic E-state index is 14.2. The van der Waals surface area contributed by atoms with Crippen LogP contribution in [0.15, 0.2) is 23.1 Å². The van der Waals surface area contributed by atoms with Crippen molar-refractivity contribution >= 4 is 15.8 Å². The van der Waals surface area contributed by atoms with Crippen LogP contribution in [-0.4, -0.2) is 25.7 Å². The number of hydrogen-bond donors (Lipinski definition) is 1. The molecule has 0 heterocycles. The number of benzene rings is 1. The van der Waals surface area contributed by atoms with Crippen LogP contribution in [0.5, 0.6) is 0 Å². The van der Waals surface area contributed by atoms with Crippen LogP contribution in [0.25, 0.3) is 0 Å². The minimum atomic E-state index is -3.68. The van der Waals surface area contributed by atoms with Crippen LogP contribution >= 0.6 is 0 Å². The minimum Gasteiger partial charge on any atom is -0.481 e. The van der Waals surface area contributed by atoms with Crippen molar-refractivity contribution in [2.24, 2.45) is 0 Å². The second kappa shape index (κ2) is 5.16. The number of carboxylic acid groups (broad SMARTS) is 1. The van der Waals surface area contributed by atoms with Crippen molar-refractivity contribution in [3.63, 3.8) is 0 Å². The first kappa shape index (κ1) is 15.0. The molecule has 0 bridgehead atoms. The Labute approximate surface area is 117 Å². The minimum absolute atomic E-state index is 0.172. The topological polar surface area (TPSA) is 71.4 Å². The zero-order valence-corrected chi connectivity index (χ0v) is 12.0. The molecule has 0 aliphatic heterocycles. The van der Waals surface area contributed by atoms with Gasteiger partial charge in [0.15, 0.2) is 9.84 Å². The summed E-state index contributed by atoms with van der Waals surface area (Å²) in [4.78, 5) is 11.5. The SMILES string of the molecule is CS(=O)(=O)c1cccc(F)c1C1(C(=O)O)CCCCC1. The van der Waals surface area contributed by atoms with Gasteiger partial charge in [-0.1, -0.05) is 25.3 Å². The molecule has 4 nitrogen and oxygen atoms in total. The normalized spacial score (nSPS) is 18.7. The number of hydrogen-bond acceptors (Lipinski definition) is 3. The smallest absolute Gasteiger partial charge is 0.314 e. The molecule has 6 heteroatoms. The Kier molecular flexibility index (Phi) is 3.86. The third kappa shape index (κ3) is 2.44. The van der Waals surface area contributed by atoms with Gasteiger partial charge in [0.05, 0.1) is 10.3 Å². The van der Waals surface area contributed by atoms with Crippen LogP contribution in [-0.2, 0) is 20.0 Å². The molecule has 0 radical (unpaired) electrons. The average molecular weight is 300 g/mol. The van der Waals surface area contributed by atoms with E-state index in [4.69, 9.17) is 0 Å². The molecule has 1 fully saturated rings. The van der Waals surface area contributed by atoms with Gasteiger partial charge < -0.3 is 5.11 Å². The summed E-state index contributed by atoms with van der Waals surface area (Å²) in [5.41, 5.74) is -1.60. The fourth-order valence-electron chi connectivity index (χ4n) is 3.00. The molecule has 0 amide bonds. The lowest BCUT2D eigenvalue weighted by atomic mass is 9.69. The highest BCUT2D eigenvalue weighted by atomic mass is 32.2. The Morgan fingerprint density at radius 2 is 1.85 bits per heavy atom. The maximum atomic E-state index is 14.2. The number of halogens is 1. The van der Waals surface area contributed by atoms with Gasteiger partial charge in [0.1, 0.15) is 5.82 Å². The van der Waals surface area contributed by atoms with E-state index in [1.807, 2.05) is 0 Å². The molecule has 2 rings (SSSR count). The summed E-state index contributed by atoms with van der Waals surface area (Å²) in [6, 6.07) is 3.71. The van der Waals surface area contributed by atoms with Crippen LogP contribution in [0, 0.1) is 5.82 Å². The second-order valence-electron chi connectivity index (χ2n) is 5.33. The molecular formula is C14H17FO4S. The van der Waals surface area contributed by atoms with Crippen molar-refractivity contribution in [1.82, 2.24) is 0 Å². The molecule has 0 aromatic heterocycles. The Hall–Kier alpha value is -1.43. The lowest BCUT2D eigenvalue weighted by molar-refractivity contribution is -0.145. The summed E-state index contributed by atoms with van der Waals surface area (Å²) in [7, 11) is -3.68. The largest absolute Gasteiger partial charge is 0.481 e. The summed E-state index contributed by atoms with van der Waals surface area (Å²) in [6.07, 6.45) is 3.71. The molecule has 0 unspecified atom stereocenters. The van der Waals surface area contributed by atoms with E-state index in [0.29, 0.717) is 12.8 Å². The zero-order chi connectivity index (χ0) is 15.0. The molecule has 0 atom stereocenters. The Balaban J connectivity index is 2.75. The molecule has 1 N–H and O–H groups in total. The van der Waals surface area contributed by atoms with E-state index in [1.54, 1.807) is 0 Å². The van der Waals surface area contributed by atoms with Crippen LogP contribution in [0.2, 0.25) is 0 Å². The van der Waals surface area contributed by atoms with E-state index in [9.17, 15) is 22.7 Å². The molecule has 1 aliphatic carbocycles. The van der Waals surface area contributed by atoms with Crippen molar-refractivity contribution in [3.05, 3.63) is 29.6 Å². The Morgan fingerprint density at radius 1 is 1.25 bits per heavy atom. The van der Waals surface area contributed by atoms with Crippen molar-refractivity contribution in [2.45, 2.75) is 42.4 Å². The van der Waals surface area contributed by atoms with Crippen molar-refractivity contribution in [2.75, 3.05) is 6.26 Å². The van der Waals surface area contributed by atoms with E-state index >= 15 is 0 Å². The summed E-state index contributed by atoms with van der Waals surface area (Å²) < 4.78 is 37.9. The van der Waals surface area contributed by atoms with E-state index < -0.39 is 27.0 Å². The van der Waals surface area contributed by atoms with E-state index in [1.165, 1.54) is 12.1 Å². The lowest BCUT2D eigenvalue weighted by Gasteiger charge is -2.34. The van der Waals surface area contributed by atoms with Crippen LogP contribution < -0.4 is 0 Å². The molecular weight excluding hydrogens is 283 g/mol. The Bertz CT molecular complexity index is 631. The van der Waals surface area contributed by atoms with Crippen LogP contribution in [0.3, 0.4) is 0 Å². The molecule has 110 valence electrons. The third-order valence-corrected chi connectivity index (χ3v) is 5.11. The van der Waals surface area contributed by atoms with E-state index in [0.717, 1.165) is 18.7 Å². The summed E-state index contributed by atoms with van der Waals surface area (Å²) in [5, 5.41) is 9.60. The molecule has 0 saturated heterocycles. The molecule has 1 aromatic carbocycles. The fraction of sp³-hybridized carbons (Fsp3) is 0.500. The van der Waals surface area contributed by atoms with Gasteiger partial charge in [-0.05, 0) is 25.0 Å². The number of sulfone groups is 1. The number of aliphatic carboxylic acids is 1. The fourth-order valence-corrected chi connectivity index (χ4v) is 3.99. The van der Waals surface area contributed by atoms with Crippen molar-refractivity contribution in [1.29, 1.82) is 0 Å². The maximum Gasteiger partial charge on any atom is 0.314 e. The first-order valence-corrected chi connectivity index (χ1v) is 8.40. The predicted octanol–water partition coefficient (Wildman–Crippen LogP) is 2.52. The Morgan fingerprint density at radius 3 is 2.35 bits per heavy atom. The van der Waals surface area contributed by atoms with Gasteiger partial charge in [-0.15, -0.1) is 0 Å². The number of carbonyl (C=O) groups is 1. The molecule has 1 aliphatic rings. The summed E-state index contributed by atoms with van der Waals surface area (Å²) in [5.74, 6) is -1.90. The highest BCUT2D eigenvalue weighted by molar-refractivity contribution is 7.90. The predicted molar refractivity (Wildman–Crippen MR) is 71.9 cm³/mol. The van der Waals surface area contributed by atoms with Gasteiger partial charge in [0, 0.05) is 11.8 Å². The first-order valence-electron chi connectivity index (χ1n) is 6.51. The van der Waals surface area contributed by atoms with Gasteiger partial charge in [-0.25, -0.2) is 12.8 Å². The van der Waals surface area contributed by atoms with Gasteiger partial charge in [0.2, 0.25) is 0 Å². The quantitative estimate of drug-likeness (QED) is 0.931. The van der Waals surface area contributed by atoms with Gasteiger partial charge >= 0.3 is 5.97 Å². The standard InChI is InChI=1S/C14H17FO4S/c1-20(18,19)11-7-5-6-10(15)12(11)14(13(16)17)8-3-2-4-9-14/h5-7H,2-4,8-9H2,1H3,(H,16,17). The zero-order valence-electron chi connectivity index (χ0n) is 11.2. The van der Waals surface area contributed by atoms with Crippen LogP contribution in [0.4, 0.5) is 4.39 Å². The molecule has 0 spiro atoms. The van der Waals surface area contributed by atoms with Gasteiger partial charge in [-0.2, -0.15) is 0 Å². The lowest BCUT2D eigenvalue weighted by Crippen LogP contribution is -2.40. The molecule has 1 saturated carbocycles. The molecule has 20 heavy (non-hydrogen) atoms. The van der Waals surface area contributed by atoms with Gasteiger partial charge in [-0.3, -0.25) is 4.79 Å². The van der Waals surface area contributed by atoms with Crippen molar-refractivity contribution in [3.8, 4) is 0 Å². The number of carboxylic acids is 1. The summed E-state index contributed by atoms with van der Waals surface area (Å²) >= 11 is 0. The van der Waals surface area contributed by atoms with Gasteiger partial charge in [0.25, 0.3) is 0 Å². The van der Waals surface area contributed by atoms with E-state index in [-0.39, 0.29) is 23.3 Å². The highest BCUT2D eigenvalue weighted by Gasteiger charge is 2.45. The molecule has 1 aromatic rings. The second-order valence-corrected chi connectivity index (χ2v) is 7.32. The number of rotatable bonds is 3. The third-order valence-electron chi connectivity index (χ3n) is 3.97. The van der Waals surface area contributed by atoms with E-state index in [2.05, 4.69) is 0 Å². The highest BCUT2D eigenvalue weighted by Crippen LogP contribution is 2.43. The average Bonchev–Trinajstić information content (AvgIpc) is 2.38. The van der Waals surface area contributed by atoms with Crippen molar-refractivity contribution < 1.29 is 22.7 Å². The monoisotopic (exact) mass is 300 g/mol. The summed E-state index contributed by atoms with van der Waals surface area (Å²) in [6.45, 7) is 0.